The number of benzene rings is 3. The van der Waals surface area contributed by atoms with E-state index in [1.165, 1.54) is 3.97 Å². The van der Waals surface area contributed by atoms with Gasteiger partial charge in [-0.1, -0.05) is 43.4 Å². The highest BCUT2D eigenvalue weighted by molar-refractivity contribution is 7.90. The van der Waals surface area contributed by atoms with Crippen LogP contribution in [0.15, 0.2) is 65.7 Å². The number of nitriles is 1. The van der Waals surface area contributed by atoms with Crippen LogP contribution in [0.3, 0.4) is 0 Å². The number of aryl methyl sites for hydroxylation is 3. The highest BCUT2D eigenvalue weighted by atomic mass is 32.2. The molecule has 2 aromatic heterocycles. The summed E-state index contributed by atoms with van der Waals surface area (Å²) in [5, 5.41) is 10.3. The third-order valence-electron chi connectivity index (χ3n) is 7.98. The lowest BCUT2D eigenvalue weighted by Gasteiger charge is -2.29. The Bertz CT molecular complexity index is 1990. The molecule has 43 heavy (non-hydrogen) atoms. The second kappa shape index (κ2) is 11.1. The first-order valence-electron chi connectivity index (χ1n) is 14.4. The van der Waals surface area contributed by atoms with Crippen molar-refractivity contribution in [2.24, 2.45) is 5.73 Å². The van der Waals surface area contributed by atoms with Crippen molar-refractivity contribution < 1.29 is 13.2 Å². The molecule has 10 heteroatoms. The smallest absolute Gasteiger partial charge is 0.268 e. The molecule has 0 radical (unpaired) electrons. The maximum Gasteiger partial charge on any atom is 0.268 e. The Labute approximate surface area is 254 Å². The lowest BCUT2D eigenvalue weighted by molar-refractivity contribution is 0.0860. The number of ether oxygens (including phenoxy) is 1. The van der Waals surface area contributed by atoms with Gasteiger partial charge in [0.1, 0.15) is 12.6 Å². The van der Waals surface area contributed by atoms with E-state index in [0.717, 1.165) is 39.2 Å². The quantitative estimate of drug-likeness (QED) is 0.149. The topological polar surface area (TPSA) is 116 Å². The largest absolute Gasteiger partial charge is 0.361 e. The van der Waals surface area contributed by atoms with E-state index in [1.54, 1.807) is 42.6 Å². The third-order valence-corrected chi connectivity index (χ3v) is 11.4. The predicted octanol–water partition coefficient (Wildman–Crippen LogP) is 6.56. The van der Waals surface area contributed by atoms with E-state index in [2.05, 4.69) is 25.7 Å². The molecule has 5 aromatic rings. The zero-order valence-corrected chi connectivity index (χ0v) is 27.7. The summed E-state index contributed by atoms with van der Waals surface area (Å²) in [4.78, 5) is 5.19. The second-order valence-corrected chi connectivity index (χ2v) is 20.2. The summed E-state index contributed by atoms with van der Waals surface area (Å²) in [6.07, 6.45) is 1.60. The van der Waals surface area contributed by atoms with E-state index in [9.17, 15) is 13.7 Å². The van der Waals surface area contributed by atoms with Crippen LogP contribution in [0, 0.1) is 32.1 Å². The SMILES string of the molecule is Cc1ccc(S(=O)(=O)n2ccc3c(C(C)(N)c4nc5cc(C#N)ccc5n4COCC[Si](C)(C)C)c(C)cc(C)c32)cc1. The second-order valence-electron chi connectivity index (χ2n) is 12.8. The van der Waals surface area contributed by atoms with Crippen LogP contribution in [-0.2, 0) is 27.0 Å². The third kappa shape index (κ3) is 5.66. The molecule has 2 N–H and O–H groups in total. The lowest BCUT2D eigenvalue weighted by atomic mass is 9.85. The number of fused-ring (bicyclic) bond motifs is 2. The maximum absolute atomic E-state index is 13.8. The van der Waals surface area contributed by atoms with Crippen molar-refractivity contribution in [3.05, 3.63) is 94.4 Å². The minimum Gasteiger partial charge on any atom is -0.361 e. The molecule has 2 heterocycles. The van der Waals surface area contributed by atoms with Crippen LogP contribution in [0.2, 0.25) is 25.7 Å². The van der Waals surface area contributed by atoms with Gasteiger partial charge in [0, 0.05) is 26.3 Å². The van der Waals surface area contributed by atoms with Gasteiger partial charge >= 0.3 is 0 Å². The van der Waals surface area contributed by atoms with Crippen molar-refractivity contribution in [2.75, 3.05) is 6.61 Å². The Balaban J connectivity index is 1.68. The molecule has 0 bridgehead atoms. The van der Waals surface area contributed by atoms with E-state index in [1.807, 2.05) is 50.5 Å². The van der Waals surface area contributed by atoms with E-state index in [4.69, 9.17) is 15.5 Å². The molecule has 1 unspecified atom stereocenters. The fourth-order valence-corrected chi connectivity index (χ4v) is 7.93. The van der Waals surface area contributed by atoms with Crippen molar-refractivity contribution in [3.8, 4) is 6.07 Å². The zero-order chi connectivity index (χ0) is 31.3. The van der Waals surface area contributed by atoms with Crippen molar-refractivity contribution in [3.63, 3.8) is 0 Å². The van der Waals surface area contributed by atoms with Crippen LogP contribution in [-0.4, -0.2) is 36.6 Å². The fraction of sp³-hybridized carbons (Fsp3) is 0.333. The summed E-state index contributed by atoms with van der Waals surface area (Å²) in [5.41, 5.74) is 12.2. The Morgan fingerprint density at radius 1 is 1.02 bits per heavy atom. The van der Waals surface area contributed by atoms with Gasteiger partial charge in [0.2, 0.25) is 0 Å². The maximum atomic E-state index is 13.8. The average Bonchev–Trinajstić information content (AvgIpc) is 3.53. The first kappa shape index (κ1) is 30.7. The Hall–Kier alpha value is -3.75. The number of aromatic nitrogens is 3. The van der Waals surface area contributed by atoms with E-state index >= 15 is 0 Å². The molecule has 1 atom stereocenters. The number of nitrogens with zero attached hydrogens (tertiary/aromatic N) is 4. The first-order chi connectivity index (χ1) is 20.1. The van der Waals surface area contributed by atoms with Crippen LogP contribution < -0.4 is 5.73 Å². The molecule has 0 fully saturated rings. The standard InChI is InChI=1S/C33H39N5O3SSi/c1-22-8-11-26(12-9-22)42(39,40)38-15-14-27-30(23(2)18-24(3)31(27)38)33(4,35)32-36-28-19-25(20-34)10-13-29(28)37(32)21-41-16-17-43(5,6)7/h8-15,18-19H,16-17,21,35H2,1-7H3. The molecule has 0 amide bonds. The van der Waals surface area contributed by atoms with Gasteiger partial charge < -0.3 is 15.0 Å². The number of hydrogen-bond acceptors (Lipinski definition) is 6. The molecule has 5 rings (SSSR count). The summed E-state index contributed by atoms with van der Waals surface area (Å²) in [6, 6.07) is 19.3. The molecule has 0 aliphatic carbocycles. The van der Waals surface area contributed by atoms with Crippen LogP contribution in [0.25, 0.3) is 21.9 Å². The summed E-state index contributed by atoms with van der Waals surface area (Å²) >= 11 is 0. The van der Waals surface area contributed by atoms with Crippen LogP contribution in [0.5, 0.6) is 0 Å². The highest BCUT2D eigenvalue weighted by Gasteiger charge is 2.35. The number of rotatable bonds is 9. The summed E-state index contributed by atoms with van der Waals surface area (Å²) in [7, 11) is -5.15. The van der Waals surface area contributed by atoms with Crippen molar-refractivity contribution >= 4 is 40.0 Å². The summed E-state index contributed by atoms with van der Waals surface area (Å²) in [6.45, 7) is 15.5. The Morgan fingerprint density at radius 2 is 1.72 bits per heavy atom. The Kier molecular flexibility index (Phi) is 7.90. The van der Waals surface area contributed by atoms with Crippen molar-refractivity contribution in [1.82, 2.24) is 13.5 Å². The lowest BCUT2D eigenvalue weighted by Crippen LogP contribution is -2.39. The molecular weight excluding hydrogens is 575 g/mol. The van der Waals surface area contributed by atoms with Gasteiger partial charge in [-0.3, -0.25) is 0 Å². The van der Waals surface area contributed by atoms with E-state index in [-0.39, 0.29) is 11.6 Å². The van der Waals surface area contributed by atoms with Gasteiger partial charge in [-0.25, -0.2) is 17.4 Å². The van der Waals surface area contributed by atoms with E-state index < -0.39 is 23.6 Å². The molecule has 0 saturated carbocycles. The molecule has 3 aromatic carbocycles. The van der Waals surface area contributed by atoms with Crippen LogP contribution in [0.1, 0.15) is 40.6 Å². The minimum atomic E-state index is -3.86. The van der Waals surface area contributed by atoms with Crippen molar-refractivity contribution in [2.45, 2.75) is 70.5 Å². The van der Waals surface area contributed by atoms with Gasteiger partial charge in [-0.15, -0.1) is 0 Å². The van der Waals surface area contributed by atoms with Gasteiger partial charge in [-0.05, 0) is 86.8 Å². The highest BCUT2D eigenvalue weighted by Crippen LogP contribution is 2.39. The van der Waals surface area contributed by atoms with Gasteiger partial charge in [0.25, 0.3) is 10.0 Å². The summed E-state index contributed by atoms with van der Waals surface area (Å²) < 4.78 is 37.1. The first-order valence-corrected chi connectivity index (χ1v) is 19.5. The Morgan fingerprint density at radius 3 is 2.37 bits per heavy atom. The molecule has 8 nitrogen and oxygen atoms in total. The molecule has 0 aliphatic heterocycles. The molecule has 0 saturated heterocycles. The fourth-order valence-electron chi connectivity index (χ4n) is 5.77. The molecule has 0 aliphatic rings. The van der Waals surface area contributed by atoms with Gasteiger partial charge in [-0.2, -0.15) is 5.26 Å². The van der Waals surface area contributed by atoms with Gasteiger partial charge in [0.05, 0.1) is 38.6 Å². The van der Waals surface area contributed by atoms with Gasteiger partial charge in [0.15, 0.2) is 0 Å². The van der Waals surface area contributed by atoms with Crippen molar-refractivity contribution in [1.29, 1.82) is 5.26 Å². The van der Waals surface area contributed by atoms with Crippen LogP contribution in [0.4, 0.5) is 0 Å². The minimum absolute atomic E-state index is 0.221. The zero-order valence-electron chi connectivity index (χ0n) is 25.9. The average molecular weight is 614 g/mol. The molecule has 224 valence electrons. The number of nitrogens with two attached hydrogens (primary N) is 1. The normalized spacial score (nSPS) is 13.8. The number of imidazole rings is 1. The summed E-state index contributed by atoms with van der Waals surface area (Å²) in [5.74, 6) is 0.577. The molecule has 0 spiro atoms. The monoisotopic (exact) mass is 613 g/mol. The molecular formula is C33H39N5O3SSi. The number of hydrogen-bond donors (Lipinski definition) is 1. The predicted molar refractivity (Wildman–Crippen MR) is 174 cm³/mol. The van der Waals surface area contributed by atoms with E-state index in [0.29, 0.717) is 29.0 Å². The van der Waals surface area contributed by atoms with Crippen LogP contribution >= 0.6 is 0 Å².